The van der Waals surface area contributed by atoms with Gasteiger partial charge in [-0.05, 0) is 25.1 Å². The molecule has 0 bridgehead atoms. The van der Waals surface area contributed by atoms with Crippen LogP contribution in [-0.4, -0.2) is 40.8 Å². The van der Waals surface area contributed by atoms with E-state index >= 15 is 0 Å². The molecule has 0 aliphatic carbocycles. The lowest BCUT2D eigenvalue weighted by Crippen LogP contribution is -2.31. The van der Waals surface area contributed by atoms with Crippen LogP contribution < -0.4 is 0 Å². The van der Waals surface area contributed by atoms with Gasteiger partial charge < -0.3 is 0 Å². The summed E-state index contributed by atoms with van der Waals surface area (Å²) in [6, 6.07) is 5.84. The molecular weight excluding hydrogens is 338 g/mol. The molecule has 1 aliphatic heterocycles. The summed E-state index contributed by atoms with van der Waals surface area (Å²) in [5, 5.41) is 0. The van der Waals surface area contributed by atoms with Crippen LogP contribution in [0.4, 0.5) is 0 Å². The fourth-order valence-electron chi connectivity index (χ4n) is 3.59. The number of imidazole rings is 1. The highest BCUT2D eigenvalue weighted by Crippen LogP contribution is 2.22. The summed E-state index contributed by atoms with van der Waals surface area (Å²) in [4.78, 5) is 24.8. The van der Waals surface area contributed by atoms with E-state index in [0.29, 0.717) is 0 Å². The van der Waals surface area contributed by atoms with Gasteiger partial charge in [-0.15, -0.1) is 0 Å². The van der Waals surface area contributed by atoms with Gasteiger partial charge in [0.2, 0.25) is 5.78 Å². The van der Waals surface area contributed by atoms with E-state index in [9.17, 15) is 0 Å². The van der Waals surface area contributed by atoms with Crippen LogP contribution in [-0.2, 0) is 19.5 Å². The zero-order valence-corrected chi connectivity index (χ0v) is 15.1. The molecule has 134 valence electrons. The molecular formula is C20H19N7. The predicted octanol–water partition coefficient (Wildman–Crippen LogP) is 2.45. The van der Waals surface area contributed by atoms with Crippen molar-refractivity contribution < 1.29 is 0 Å². The van der Waals surface area contributed by atoms with Crippen molar-refractivity contribution in [1.29, 1.82) is 0 Å². The Bertz CT molecular complexity index is 1100. The Hall–Kier alpha value is -3.19. The summed E-state index contributed by atoms with van der Waals surface area (Å²) in [5.74, 6) is 1.51. The number of hydrogen-bond acceptors (Lipinski definition) is 6. The Morgan fingerprint density at radius 3 is 2.93 bits per heavy atom. The van der Waals surface area contributed by atoms with Crippen LogP contribution in [0.25, 0.3) is 17.2 Å². The minimum Gasteiger partial charge on any atom is -0.293 e. The van der Waals surface area contributed by atoms with Crippen molar-refractivity contribution in [1.82, 2.24) is 34.2 Å². The third-order valence-corrected chi connectivity index (χ3v) is 5.01. The van der Waals surface area contributed by atoms with Crippen molar-refractivity contribution in [2.75, 3.05) is 6.54 Å². The van der Waals surface area contributed by atoms with Crippen LogP contribution in [0.3, 0.4) is 0 Å². The van der Waals surface area contributed by atoms with Crippen LogP contribution in [0.1, 0.15) is 22.6 Å². The van der Waals surface area contributed by atoms with E-state index in [0.717, 1.165) is 54.6 Å². The number of rotatable bonds is 3. The first-order valence-electron chi connectivity index (χ1n) is 9.04. The second-order valence-electron chi connectivity index (χ2n) is 6.80. The van der Waals surface area contributed by atoms with Crippen molar-refractivity contribution in [2.24, 2.45) is 0 Å². The van der Waals surface area contributed by atoms with Crippen molar-refractivity contribution in [3.05, 3.63) is 71.8 Å². The molecule has 7 nitrogen and oxygen atoms in total. The standard InChI is InChI=1S/C20H19N7/c1-14-18(27-8-3-7-22-20(27)24-14)13-26-9-5-17-16(12-26)11-23-19(25-17)15-4-2-6-21-10-15/h2-4,6-8,10-11H,5,9,12-13H2,1H3. The van der Waals surface area contributed by atoms with Gasteiger partial charge in [0.25, 0.3) is 0 Å². The van der Waals surface area contributed by atoms with E-state index in [1.807, 2.05) is 37.5 Å². The highest BCUT2D eigenvalue weighted by molar-refractivity contribution is 5.53. The van der Waals surface area contributed by atoms with Gasteiger partial charge >= 0.3 is 0 Å². The average Bonchev–Trinajstić information content (AvgIpc) is 3.03. The topological polar surface area (TPSA) is 72.1 Å². The van der Waals surface area contributed by atoms with Gasteiger partial charge in [-0.3, -0.25) is 14.3 Å². The molecule has 0 atom stereocenters. The van der Waals surface area contributed by atoms with Crippen molar-refractivity contribution in [2.45, 2.75) is 26.4 Å². The third kappa shape index (κ3) is 2.96. The molecule has 0 saturated carbocycles. The maximum atomic E-state index is 4.78. The molecule has 0 saturated heterocycles. The second-order valence-corrected chi connectivity index (χ2v) is 6.80. The summed E-state index contributed by atoms with van der Waals surface area (Å²) in [6.45, 7) is 4.69. The smallest absolute Gasteiger partial charge is 0.234 e. The van der Waals surface area contributed by atoms with Gasteiger partial charge in [-0.2, -0.15) is 0 Å². The Morgan fingerprint density at radius 1 is 1.07 bits per heavy atom. The van der Waals surface area contributed by atoms with Crippen LogP contribution >= 0.6 is 0 Å². The largest absolute Gasteiger partial charge is 0.293 e. The van der Waals surface area contributed by atoms with Gasteiger partial charge in [0.15, 0.2) is 5.82 Å². The fourth-order valence-corrected chi connectivity index (χ4v) is 3.59. The Balaban J connectivity index is 1.39. The molecule has 0 radical (unpaired) electrons. The molecule has 0 amide bonds. The summed E-state index contributed by atoms with van der Waals surface area (Å²) in [5.41, 5.74) is 5.50. The van der Waals surface area contributed by atoms with E-state index in [1.54, 1.807) is 18.6 Å². The maximum absolute atomic E-state index is 4.78. The molecule has 5 heterocycles. The summed E-state index contributed by atoms with van der Waals surface area (Å²) in [7, 11) is 0. The molecule has 1 aliphatic rings. The molecule has 5 rings (SSSR count). The molecule has 0 fully saturated rings. The predicted molar refractivity (Wildman–Crippen MR) is 101 cm³/mol. The first kappa shape index (κ1) is 16.0. The zero-order chi connectivity index (χ0) is 18.2. The number of hydrogen-bond donors (Lipinski definition) is 0. The molecule has 0 unspecified atom stereocenters. The lowest BCUT2D eigenvalue weighted by Gasteiger charge is -2.28. The van der Waals surface area contributed by atoms with Crippen LogP contribution in [0, 0.1) is 6.92 Å². The van der Waals surface area contributed by atoms with E-state index < -0.39 is 0 Å². The molecule has 4 aromatic rings. The SMILES string of the molecule is Cc1nc2ncccn2c1CN1CCc2nc(-c3cccnc3)ncc2C1. The molecule has 27 heavy (non-hydrogen) atoms. The van der Waals surface area contributed by atoms with Gasteiger partial charge in [-0.25, -0.2) is 19.9 Å². The Morgan fingerprint density at radius 2 is 2.04 bits per heavy atom. The molecule has 0 spiro atoms. The van der Waals surface area contributed by atoms with Crippen LogP contribution in [0.5, 0.6) is 0 Å². The minimum absolute atomic E-state index is 0.749. The van der Waals surface area contributed by atoms with Gasteiger partial charge in [0.05, 0.1) is 17.1 Å². The summed E-state index contributed by atoms with van der Waals surface area (Å²) in [6.07, 6.45) is 10.2. The Labute approximate surface area is 156 Å². The van der Waals surface area contributed by atoms with Gasteiger partial charge in [0, 0.05) is 68.2 Å². The van der Waals surface area contributed by atoms with E-state index in [4.69, 9.17) is 4.98 Å². The van der Waals surface area contributed by atoms with Crippen molar-refractivity contribution in [3.63, 3.8) is 0 Å². The van der Waals surface area contributed by atoms with Gasteiger partial charge in [-0.1, -0.05) is 0 Å². The van der Waals surface area contributed by atoms with Gasteiger partial charge in [0.1, 0.15) is 0 Å². The summed E-state index contributed by atoms with van der Waals surface area (Å²) < 4.78 is 2.08. The molecule has 0 N–H and O–H groups in total. The lowest BCUT2D eigenvalue weighted by molar-refractivity contribution is 0.239. The monoisotopic (exact) mass is 357 g/mol. The van der Waals surface area contributed by atoms with Crippen molar-refractivity contribution in [3.8, 4) is 11.4 Å². The lowest BCUT2D eigenvalue weighted by atomic mass is 10.1. The molecule has 4 aromatic heterocycles. The number of aryl methyl sites for hydroxylation is 1. The number of aromatic nitrogens is 6. The third-order valence-electron chi connectivity index (χ3n) is 5.01. The normalized spacial score (nSPS) is 14.4. The second kappa shape index (κ2) is 6.51. The van der Waals surface area contributed by atoms with Crippen LogP contribution in [0.2, 0.25) is 0 Å². The Kier molecular flexibility index (Phi) is 3.86. The molecule has 7 heteroatoms. The van der Waals surface area contributed by atoms with Crippen molar-refractivity contribution >= 4 is 5.78 Å². The van der Waals surface area contributed by atoms with E-state index in [-0.39, 0.29) is 0 Å². The quantitative estimate of drug-likeness (QED) is 0.561. The minimum atomic E-state index is 0.749. The maximum Gasteiger partial charge on any atom is 0.234 e. The average molecular weight is 357 g/mol. The molecule has 0 aromatic carbocycles. The number of fused-ring (bicyclic) bond motifs is 2. The van der Waals surface area contributed by atoms with E-state index in [2.05, 4.69) is 29.2 Å². The number of nitrogens with zero attached hydrogens (tertiary/aromatic N) is 7. The fraction of sp³-hybridized carbons (Fsp3) is 0.250. The zero-order valence-electron chi connectivity index (χ0n) is 15.1. The highest BCUT2D eigenvalue weighted by atomic mass is 15.2. The van der Waals surface area contributed by atoms with Crippen LogP contribution in [0.15, 0.2) is 49.2 Å². The first-order chi connectivity index (χ1) is 13.3. The number of pyridine rings is 1. The first-order valence-corrected chi connectivity index (χ1v) is 9.04. The van der Waals surface area contributed by atoms with E-state index in [1.165, 1.54) is 11.3 Å². The highest BCUT2D eigenvalue weighted by Gasteiger charge is 2.21. The summed E-state index contributed by atoms with van der Waals surface area (Å²) >= 11 is 0.